The van der Waals surface area contributed by atoms with Crippen molar-refractivity contribution in [2.24, 2.45) is 0 Å². The molecule has 5 rings (SSSR count). The van der Waals surface area contributed by atoms with Gasteiger partial charge >= 0.3 is 0 Å². The van der Waals surface area contributed by atoms with Gasteiger partial charge < -0.3 is 5.32 Å². The van der Waals surface area contributed by atoms with E-state index in [1.54, 1.807) is 48.5 Å². The van der Waals surface area contributed by atoms with Crippen molar-refractivity contribution in [1.29, 1.82) is 0 Å². The van der Waals surface area contributed by atoms with E-state index in [1.807, 2.05) is 25.1 Å². The number of benzene rings is 4. The Morgan fingerprint density at radius 3 is 2.30 bits per heavy atom. The van der Waals surface area contributed by atoms with E-state index in [1.165, 1.54) is 6.07 Å². The molecular formula is C25H16BrN3O4. The zero-order chi connectivity index (χ0) is 23.3. The number of carbonyl (C=O) groups is 2. The van der Waals surface area contributed by atoms with Crippen molar-refractivity contribution in [3.63, 3.8) is 0 Å². The molecule has 0 bridgehead atoms. The number of aryl methyl sites for hydroxylation is 1. The molecule has 33 heavy (non-hydrogen) atoms. The van der Waals surface area contributed by atoms with Gasteiger partial charge in [0.15, 0.2) is 0 Å². The van der Waals surface area contributed by atoms with E-state index in [2.05, 4.69) is 21.2 Å². The van der Waals surface area contributed by atoms with Crippen molar-refractivity contribution in [3.8, 4) is 0 Å². The van der Waals surface area contributed by atoms with Crippen LogP contribution in [0.25, 0.3) is 10.8 Å². The maximum atomic E-state index is 13.5. The van der Waals surface area contributed by atoms with Gasteiger partial charge in [-0.2, -0.15) is 0 Å². The van der Waals surface area contributed by atoms with Gasteiger partial charge in [-0.05, 0) is 55.0 Å². The van der Waals surface area contributed by atoms with Gasteiger partial charge in [-0.25, -0.2) is 4.90 Å². The first-order chi connectivity index (χ1) is 15.8. The van der Waals surface area contributed by atoms with Gasteiger partial charge in [0.2, 0.25) is 0 Å². The molecule has 4 aromatic rings. The first-order valence-electron chi connectivity index (χ1n) is 10.1. The van der Waals surface area contributed by atoms with Crippen LogP contribution in [0.15, 0.2) is 77.3 Å². The smallest absolute Gasteiger partial charge is 0.294 e. The first kappa shape index (κ1) is 20.8. The third-order valence-corrected chi connectivity index (χ3v) is 6.11. The van der Waals surface area contributed by atoms with E-state index in [4.69, 9.17) is 0 Å². The maximum Gasteiger partial charge on any atom is 0.294 e. The van der Waals surface area contributed by atoms with Crippen LogP contribution in [0.5, 0.6) is 0 Å². The van der Waals surface area contributed by atoms with Crippen LogP contribution in [0.2, 0.25) is 0 Å². The third kappa shape index (κ3) is 3.44. The number of rotatable bonds is 4. The molecule has 0 atom stereocenters. The molecule has 0 fully saturated rings. The van der Waals surface area contributed by atoms with Crippen LogP contribution in [0.3, 0.4) is 0 Å². The van der Waals surface area contributed by atoms with Gasteiger partial charge in [0.05, 0.1) is 16.2 Å². The minimum atomic E-state index is -0.590. The standard InChI is InChI=1S/C25H16BrN3O4/c1-14-4-2-5-17(12-14)28-24(30)19-7-3-6-18-22(19)20(25(28)31)13-21(29(32)33)23(18)27-16-10-8-15(26)9-11-16/h2-13,27H,1H3. The van der Waals surface area contributed by atoms with Crippen LogP contribution in [0.1, 0.15) is 26.3 Å². The number of hydrogen-bond acceptors (Lipinski definition) is 5. The number of carbonyl (C=O) groups excluding carboxylic acids is 2. The third-order valence-electron chi connectivity index (χ3n) is 5.58. The van der Waals surface area contributed by atoms with Crippen molar-refractivity contribution in [2.45, 2.75) is 6.92 Å². The summed E-state index contributed by atoms with van der Waals surface area (Å²) in [6, 6.07) is 20.4. The highest BCUT2D eigenvalue weighted by Gasteiger charge is 2.37. The summed E-state index contributed by atoms with van der Waals surface area (Å²) < 4.78 is 0.867. The molecule has 0 saturated carbocycles. The molecule has 1 aliphatic rings. The van der Waals surface area contributed by atoms with Crippen LogP contribution in [-0.2, 0) is 0 Å². The number of halogens is 1. The lowest BCUT2D eigenvalue weighted by Crippen LogP contribution is -2.40. The summed E-state index contributed by atoms with van der Waals surface area (Å²) in [5, 5.41) is 16.0. The molecule has 0 radical (unpaired) electrons. The van der Waals surface area contributed by atoms with E-state index < -0.39 is 16.7 Å². The van der Waals surface area contributed by atoms with Gasteiger partial charge in [-0.1, -0.05) is 40.2 Å². The normalized spacial score (nSPS) is 12.8. The Balaban J connectivity index is 1.75. The van der Waals surface area contributed by atoms with E-state index in [9.17, 15) is 19.7 Å². The lowest BCUT2D eigenvalue weighted by atomic mass is 9.91. The molecule has 162 valence electrons. The fraction of sp³-hybridized carbons (Fsp3) is 0.0400. The minimum absolute atomic E-state index is 0.120. The van der Waals surface area contributed by atoms with Crippen molar-refractivity contribution >= 4 is 61.3 Å². The molecule has 0 unspecified atom stereocenters. The van der Waals surface area contributed by atoms with Crippen LogP contribution in [-0.4, -0.2) is 16.7 Å². The summed E-state index contributed by atoms with van der Waals surface area (Å²) in [5.74, 6) is -1.06. The monoisotopic (exact) mass is 501 g/mol. The topological polar surface area (TPSA) is 92.6 Å². The molecule has 1 aliphatic heterocycles. The molecule has 2 amide bonds. The molecular weight excluding hydrogens is 486 g/mol. The molecule has 1 heterocycles. The quantitative estimate of drug-likeness (QED) is 0.199. The minimum Gasteiger partial charge on any atom is -0.349 e. The van der Waals surface area contributed by atoms with E-state index in [0.29, 0.717) is 27.7 Å². The molecule has 0 aliphatic carbocycles. The Bertz CT molecular complexity index is 1480. The summed E-state index contributed by atoms with van der Waals surface area (Å²) in [4.78, 5) is 39.4. The van der Waals surface area contributed by atoms with Crippen molar-refractivity contribution in [1.82, 2.24) is 0 Å². The first-order valence-corrected chi connectivity index (χ1v) is 10.9. The number of nitro benzene ring substituents is 1. The highest BCUT2D eigenvalue weighted by atomic mass is 79.9. The van der Waals surface area contributed by atoms with E-state index in [0.717, 1.165) is 14.9 Å². The molecule has 8 heteroatoms. The zero-order valence-corrected chi connectivity index (χ0v) is 18.9. The summed E-state index contributed by atoms with van der Waals surface area (Å²) in [5.41, 5.74) is 2.37. The van der Waals surface area contributed by atoms with Gasteiger partial charge in [0, 0.05) is 32.6 Å². The highest BCUT2D eigenvalue weighted by molar-refractivity contribution is 9.10. The molecule has 0 saturated heterocycles. The fourth-order valence-corrected chi connectivity index (χ4v) is 4.37. The predicted molar refractivity (Wildman–Crippen MR) is 130 cm³/mol. The van der Waals surface area contributed by atoms with Crippen molar-refractivity contribution in [3.05, 3.63) is 104 Å². The number of amides is 2. The summed E-state index contributed by atoms with van der Waals surface area (Å²) in [7, 11) is 0. The Morgan fingerprint density at radius 1 is 0.909 bits per heavy atom. The predicted octanol–water partition coefficient (Wildman–Crippen LogP) is 6.36. The molecule has 7 nitrogen and oxygen atoms in total. The lowest BCUT2D eigenvalue weighted by molar-refractivity contribution is -0.383. The highest BCUT2D eigenvalue weighted by Crippen LogP contribution is 2.42. The summed E-state index contributed by atoms with van der Waals surface area (Å²) in [6.07, 6.45) is 0. The molecule has 1 N–H and O–H groups in total. The second-order valence-electron chi connectivity index (χ2n) is 7.72. The van der Waals surface area contributed by atoms with Crippen molar-refractivity contribution in [2.75, 3.05) is 10.2 Å². The number of imide groups is 1. The van der Waals surface area contributed by atoms with Crippen molar-refractivity contribution < 1.29 is 14.5 Å². The number of nitro groups is 1. The molecule has 0 aromatic heterocycles. The average Bonchev–Trinajstić information content (AvgIpc) is 2.79. The number of nitrogens with one attached hydrogen (secondary N) is 1. The number of nitrogens with zero attached hydrogens (tertiary/aromatic N) is 2. The average molecular weight is 502 g/mol. The number of hydrogen-bond donors (Lipinski definition) is 1. The lowest BCUT2D eigenvalue weighted by Gasteiger charge is -2.28. The summed E-state index contributed by atoms with van der Waals surface area (Å²) in [6.45, 7) is 1.86. The molecule has 4 aromatic carbocycles. The van der Waals surface area contributed by atoms with Gasteiger partial charge in [-0.3, -0.25) is 19.7 Å². The SMILES string of the molecule is Cc1cccc(N2C(=O)c3cccc4c(Nc5ccc(Br)cc5)c([N+](=O)[O-])cc(c34)C2=O)c1. The molecule has 0 spiro atoms. The second kappa shape index (κ2) is 7.83. The summed E-state index contributed by atoms with van der Waals surface area (Å²) >= 11 is 3.37. The largest absolute Gasteiger partial charge is 0.349 e. The fourth-order valence-electron chi connectivity index (χ4n) is 4.10. The Kier molecular flexibility index (Phi) is 4.94. The van der Waals surface area contributed by atoms with Gasteiger partial charge in [-0.15, -0.1) is 0 Å². The number of anilines is 3. The van der Waals surface area contributed by atoms with Gasteiger partial charge in [0.1, 0.15) is 5.69 Å². The Labute approximate surface area is 196 Å². The van der Waals surface area contributed by atoms with Crippen LogP contribution >= 0.6 is 15.9 Å². The zero-order valence-electron chi connectivity index (χ0n) is 17.3. The second-order valence-corrected chi connectivity index (χ2v) is 8.64. The Morgan fingerprint density at radius 2 is 1.61 bits per heavy atom. The van der Waals surface area contributed by atoms with E-state index in [-0.39, 0.29) is 16.9 Å². The van der Waals surface area contributed by atoms with Crippen LogP contribution in [0, 0.1) is 17.0 Å². The van der Waals surface area contributed by atoms with Crippen LogP contribution in [0.4, 0.5) is 22.7 Å². The van der Waals surface area contributed by atoms with Crippen LogP contribution < -0.4 is 10.2 Å². The maximum absolute atomic E-state index is 13.5. The van der Waals surface area contributed by atoms with E-state index >= 15 is 0 Å². The Hall–Kier alpha value is -4.04. The van der Waals surface area contributed by atoms with Gasteiger partial charge in [0.25, 0.3) is 17.5 Å².